The molecule has 0 aliphatic carbocycles. The van der Waals surface area contributed by atoms with E-state index in [1.807, 2.05) is 18.7 Å². The molecule has 0 radical (unpaired) electrons. The molecular formula is C8H18N2O2S. The third-order valence-electron chi connectivity index (χ3n) is 1.58. The number of carboxylic acid groups (broad SMARTS) is 1. The molecule has 0 aromatic heterocycles. The van der Waals surface area contributed by atoms with E-state index in [0.717, 1.165) is 11.5 Å². The Morgan fingerprint density at radius 2 is 2.31 bits per heavy atom. The van der Waals surface area contributed by atoms with Gasteiger partial charge in [0.1, 0.15) is 6.04 Å². The van der Waals surface area contributed by atoms with Crippen molar-refractivity contribution in [2.75, 3.05) is 18.1 Å². The summed E-state index contributed by atoms with van der Waals surface area (Å²) < 4.78 is 0. The van der Waals surface area contributed by atoms with Gasteiger partial charge in [0.15, 0.2) is 0 Å². The van der Waals surface area contributed by atoms with Gasteiger partial charge in [0.25, 0.3) is 0 Å². The van der Waals surface area contributed by atoms with Crippen LogP contribution in [-0.4, -0.2) is 41.2 Å². The maximum Gasteiger partial charge on any atom is 0.321 e. The van der Waals surface area contributed by atoms with E-state index in [2.05, 4.69) is 12.2 Å². The molecule has 5 heteroatoms. The number of carbonyl (C=O) groups is 1. The Balaban J connectivity index is 3.45. The molecule has 0 amide bonds. The molecule has 0 aromatic rings. The van der Waals surface area contributed by atoms with Crippen molar-refractivity contribution < 1.29 is 9.90 Å². The molecule has 0 bridgehead atoms. The van der Waals surface area contributed by atoms with Crippen LogP contribution in [0, 0.1) is 0 Å². The van der Waals surface area contributed by atoms with E-state index in [1.165, 1.54) is 0 Å². The summed E-state index contributed by atoms with van der Waals surface area (Å²) in [5.74, 6) is 1.11. The van der Waals surface area contributed by atoms with Gasteiger partial charge >= 0.3 is 5.97 Å². The summed E-state index contributed by atoms with van der Waals surface area (Å²) in [6.07, 6.45) is 0. The average Bonchev–Trinajstić information content (AvgIpc) is 2.10. The van der Waals surface area contributed by atoms with Gasteiger partial charge in [-0.25, -0.2) is 0 Å². The lowest BCUT2D eigenvalue weighted by atomic mass is 10.3. The molecule has 0 spiro atoms. The first kappa shape index (κ1) is 12.7. The van der Waals surface area contributed by atoms with Gasteiger partial charge in [-0.1, -0.05) is 6.92 Å². The highest BCUT2D eigenvalue weighted by Gasteiger charge is 2.11. The van der Waals surface area contributed by atoms with E-state index >= 15 is 0 Å². The molecule has 0 aliphatic heterocycles. The minimum absolute atomic E-state index is 0.315. The van der Waals surface area contributed by atoms with E-state index in [9.17, 15) is 4.79 Å². The molecule has 0 saturated carbocycles. The number of aliphatic carboxylic acids is 1. The van der Waals surface area contributed by atoms with Crippen molar-refractivity contribution >= 4 is 17.7 Å². The smallest absolute Gasteiger partial charge is 0.321 e. The SMILES string of the molecule is CCSCC(C)NCC(N)C(=O)O. The number of hydrogen-bond donors (Lipinski definition) is 3. The summed E-state index contributed by atoms with van der Waals surface area (Å²) in [4.78, 5) is 10.4. The molecule has 2 unspecified atom stereocenters. The number of nitrogens with one attached hydrogen (secondary N) is 1. The number of carboxylic acids is 1. The molecule has 0 rings (SSSR count). The van der Waals surface area contributed by atoms with Gasteiger partial charge in [-0.05, 0) is 12.7 Å². The van der Waals surface area contributed by atoms with Crippen LogP contribution in [0.1, 0.15) is 13.8 Å². The van der Waals surface area contributed by atoms with Crippen molar-refractivity contribution in [2.45, 2.75) is 25.9 Å². The van der Waals surface area contributed by atoms with Crippen molar-refractivity contribution in [1.29, 1.82) is 0 Å². The normalized spacial score (nSPS) is 15.3. The van der Waals surface area contributed by atoms with Crippen LogP contribution >= 0.6 is 11.8 Å². The minimum Gasteiger partial charge on any atom is -0.480 e. The van der Waals surface area contributed by atoms with E-state index in [-0.39, 0.29) is 0 Å². The first-order chi connectivity index (χ1) is 6.07. The highest BCUT2D eigenvalue weighted by atomic mass is 32.2. The number of rotatable bonds is 7. The van der Waals surface area contributed by atoms with Gasteiger partial charge in [-0.3, -0.25) is 4.79 Å². The molecule has 2 atom stereocenters. The second-order valence-corrected chi connectivity index (χ2v) is 4.23. The lowest BCUT2D eigenvalue weighted by Gasteiger charge is -2.14. The van der Waals surface area contributed by atoms with Crippen molar-refractivity contribution in [1.82, 2.24) is 5.32 Å². The molecule has 0 aliphatic rings. The third kappa shape index (κ3) is 6.86. The van der Waals surface area contributed by atoms with Crippen molar-refractivity contribution in [3.63, 3.8) is 0 Å². The van der Waals surface area contributed by atoms with Crippen LogP contribution in [-0.2, 0) is 4.79 Å². The lowest BCUT2D eigenvalue weighted by molar-refractivity contribution is -0.138. The Labute approximate surface area is 83.3 Å². The number of thioether (sulfide) groups is 1. The summed E-state index contributed by atoms with van der Waals surface area (Å²) >= 11 is 1.83. The average molecular weight is 206 g/mol. The topological polar surface area (TPSA) is 75.3 Å². The zero-order valence-corrected chi connectivity index (χ0v) is 8.93. The fourth-order valence-corrected chi connectivity index (χ4v) is 1.48. The van der Waals surface area contributed by atoms with E-state index in [1.54, 1.807) is 0 Å². The molecule has 4 nitrogen and oxygen atoms in total. The Bertz CT molecular complexity index is 155. The number of hydrogen-bond acceptors (Lipinski definition) is 4. The summed E-state index contributed by atoms with van der Waals surface area (Å²) in [6, 6.07) is -0.482. The largest absolute Gasteiger partial charge is 0.480 e. The minimum atomic E-state index is -0.956. The molecule has 0 fully saturated rings. The molecule has 0 heterocycles. The monoisotopic (exact) mass is 206 g/mol. The van der Waals surface area contributed by atoms with Crippen LogP contribution in [0.3, 0.4) is 0 Å². The Morgan fingerprint density at radius 1 is 1.69 bits per heavy atom. The molecule has 4 N–H and O–H groups in total. The first-order valence-corrected chi connectivity index (χ1v) is 5.52. The van der Waals surface area contributed by atoms with E-state index in [4.69, 9.17) is 10.8 Å². The van der Waals surface area contributed by atoms with E-state index < -0.39 is 12.0 Å². The summed E-state index contributed by atoms with van der Waals surface area (Å²) in [6.45, 7) is 4.46. The van der Waals surface area contributed by atoms with Gasteiger partial charge in [-0.2, -0.15) is 11.8 Å². The Morgan fingerprint density at radius 3 is 2.77 bits per heavy atom. The van der Waals surface area contributed by atoms with Gasteiger partial charge in [0, 0.05) is 18.3 Å². The Hall–Kier alpha value is -0.260. The van der Waals surface area contributed by atoms with Crippen molar-refractivity contribution in [3.8, 4) is 0 Å². The van der Waals surface area contributed by atoms with Crippen molar-refractivity contribution in [3.05, 3.63) is 0 Å². The van der Waals surface area contributed by atoms with Crippen LogP contribution < -0.4 is 11.1 Å². The molecule has 78 valence electrons. The van der Waals surface area contributed by atoms with Crippen LogP contribution in [0.5, 0.6) is 0 Å². The zero-order valence-electron chi connectivity index (χ0n) is 8.12. The van der Waals surface area contributed by atoms with Gasteiger partial charge in [0.2, 0.25) is 0 Å². The molecule has 0 aromatic carbocycles. The molecule has 13 heavy (non-hydrogen) atoms. The highest BCUT2D eigenvalue weighted by Crippen LogP contribution is 2.00. The standard InChI is InChI=1S/C8H18N2O2S/c1-3-13-5-6(2)10-4-7(9)8(11)12/h6-7,10H,3-5,9H2,1-2H3,(H,11,12). The maximum absolute atomic E-state index is 10.4. The van der Waals surface area contributed by atoms with Gasteiger partial charge < -0.3 is 16.2 Å². The van der Waals surface area contributed by atoms with E-state index in [0.29, 0.717) is 12.6 Å². The lowest BCUT2D eigenvalue weighted by Crippen LogP contribution is -2.43. The van der Waals surface area contributed by atoms with Gasteiger partial charge in [-0.15, -0.1) is 0 Å². The summed E-state index contributed by atoms with van der Waals surface area (Å²) in [7, 11) is 0. The molecule has 0 saturated heterocycles. The van der Waals surface area contributed by atoms with Crippen LogP contribution in [0.15, 0.2) is 0 Å². The molecular weight excluding hydrogens is 188 g/mol. The van der Waals surface area contributed by atoms with Crippen LogP contribution in [0.2, 0.25) is 0 Å². The predicted molar refractivity (Wildman–Crippen MR) is 56.1 cm³/mol. The summed E-state index contributed by atoms with van der Waals surface area (Å²) in [5.41, 5.74) is 5.32. The predicted octanol–water partition coefficient (Wildman–Crippen LogP) is 0.130. The fraction of sp³-hybridized carbons (Fsp3) is 0.875. The first-order valence-electron chi connectivity index (χ1n) is 4.37. The summed E-state index contributed by atoms with van der Waals surface area (Å²) in [5, 5.41) is 11.6. The maximum atomic E-state index is 10.4. The zero-order chi connectivity index (χ0) is 10.3. The highest BCUT2D eigenvalue weighted by molar-refractivity contribution is 7.99. The second-order valence-electron chi connectivity index (χ2n) is 2.91. The van der Waals surface area contributed by atoms with Crippen molar-refractivity contribution in [2.24, 2.45) is 5.73 Å². The Kier molecular flexibility index (Phi) is 7.03. The fourth-order valence-electron chi connectivity index (χ4n) is 0.769. The number of nitrogens with two attached hydrogens (primary N) is 1. The van der Waals surface area contributed by atoms with Crippen LogP contribution in [0.4, 0.5) is 0 Å². The van der Waals surface area contributed by atoms with Crippen LogP contribution in [0.25, 0.3) is 0 Å². The quantitative estimate of drug-likeness (QED) is 0.552. The second kappa shape index (κ2) is 7.17. The third-order valence-corrected chi connectivity index (χ3v) is 2.72. The van der Waals surface area contributed by atoms with Gasteiger partial charge in [0.05, 0.1) is 0 Å².